The Labute approximate surface area is 112 Å². The molecule has 2 fully saturated rings. The highest BCUT2D eigenvalue weighted by Gasteiger charge is 2.39. The van der Waals surface area contributed by atoms with Gasteiger partial charge in [-0.25, -0.2) is 0 Å². The lowest BCUT2D eigenvalue weighted by Gasteiger charge is -2.39. The summed E-state index contributed by atoms with van der Waals surface area (Å²) in [5.41, 5.74) is 0. The Morgan fingerprint density at radius 1 is 1.22 bits per heavy atom. The van der Waals surface area contributed by atoms with E-state index in [1.807, 2.05) is 0 Å². The van der Waals surface area contributed by atoms with E-state index in [1.165, 1.54) is 38.6 Å². The smallest absolute Gasteiger partial charge is 0.0597 e. The summed E-state index contributed by atoms with van der Waals surface area (Å²) in [7, 11) is 0. The maximum absolute atomic E-state index is 5.70. The van der Waals surface area contributed by atoms with E-state index < -0.39 is 0 Å². The van der Waals surface area contributed by atoms with Crippen LogP contribution in [-0.2, 0) is 4.74 Å². The number of rotatable bonds is 7. The summed E-state index contributed by atoms with van der Waals surface area (Å²) in [6, 6.07) is 2.40. The van der Waals surface area contributed by atoms with Gasteiger partial charge in [-0.05, 0) is 52.5 Å². The zero-order valence-electron chi connectivity index (χ0n) is 12.3. The number of fused-ring (bicyclic) bond motifs is 2. The molecule has 0 amide bonds. The van der Waals surface area contributed by atoms with Crippen LogP contribution in [0, 0.1) is 0 Å². The molecule has 0 aliphatic carbocycles. The van der Waals surface area contributed by atoms with Crippen molar-refractivity contribution < 1.29 is 4.74 Å². The number of hydrogen-bond acceptors (Lipinski definition) is 3. The van der Waals surface area contributed by atoms with Crippen LogP contribution in [0.15, 0.2) is 0 Å². The van der Waals surface area contributed by atoms with Gasteiger partial charge < -0.3 is 10.1 Å². The van der Waals surface area contributed by atoms with E-state index in [9.17, 15) is 0 Å². The second kappa shape index (κ2) is 6.88. The first-order valence-corrected chi connectivity index (χ1v) is 7.81. The van der Waals surface area contributed by atoms with Gasteiger partial charge in [0.05, 0.1) is 12.7 Å². The number of piperidine rings is 1. The van der Waals surface area contributed by atoms with E-state index in [0.29, 0.717) is 6.10 Å². The molecule has 3 nitrogen and oxygen atoms in total. The Kier molecular flexibility index (Phi) is 5.46. The van der Waals surface area contributed by atoms with Crippen LogP contribution in [0.5, 0.6) is 0 Å². The van der Waals surface area contributed by atoms with Crippen molar-refractivity contribution in [3.63, 3.8) is 0 Å². The van der Waals surface area contributed by atoms with Gasteiger partial charge in [-0.3, -0.25) is 4.90 Å². The molecule has 2 bridgehead atoms. The molecule has 0 aromatic rings. The number of nitrogens with zero attached hydrogens (tertiary/aromatic N) is 1. The Balaban J connectivity index is 1.75. The van der Waals surface area contributed by atoms with Crippen molar-refractivity contribution in [3.05, 3.63) is 0 Å². The Morgan fingerprint density at radius 2 is 1.89 bits per heavy atom. The third-order valence-electron chi connectivity index (χ3n) is 4.37. The first kappa shape index (κ1) is 14.3. The second-order valence-corrected chi connectivity index (χ2v) is 6.16. The predicted octanol–water partition coefficient (Wildman–Crippen LogP) is 2.41. The van der Waals surface area contributed by atoms with Crippen molar-refractivity contribution >= 4 is 0 Å². The number of ether oxygens (including phenoxy) is 1. The second-order valence-electron chi connectivity index (χ2n) is 6.16. The Hall–Kier alpha value is -0.120. The van der Waals surface area contributed by atoms with E-state index in [4.69, 9.17) is 4.74 Å². The van der Waals surface area contributed by atoms with Crippen molar-refractivity contribution in [3.8, 4) is 0 Å². The maximum atomic E-state index is 5.70. The van der Waals surface area contributed by atoms with E-state index in [2.05, 4.69) is 31.0 Å². The van der Waals surface area contributed by atoms with E-state index in [0.717, 1.165) is 31.3 Å². The molecule has 0 aromatic carbocycles. The molecule has 2 aliphatic rings. The minimum atomic E-state index is 0.367. The van der Waals surface area contributed by atoms with Crippen LogP contribution in [-0.4, -0.2) is 48.8 Å². The number of nitrogens with one attached hydrogen (secondary N) is 1. The van der Waals surface area contributed by atoms with Gasteiger partial charge >= 0.3 is 0 Å². The number of hydrogen-bond donors (Lipinski definition) is 1. The zero-order chi connectivity index (χ0) is 13.0. The van der Waals surface area contributed by atoms with Gasteiger partial charge in [0, 0.05) is 24.7 Å². The summed E-state index contributed by atoms with van der Waals surface area (Å²) >= 11 is 0. The highest BCUT2D eigenvalue weighted by molar-refractivity contribution is 4.97. The molecule has 2 heterocycles. The molecular weight excluding hydrogens is 224 g/mol. The largest absolute Gasteiger partial charge is 0.377 e. The van der Waals surface area contributed by atoms with Gasteiger partial charge in [0.15, 0.2) is 0 Å². The van der Waals surface area contributed by atoms with Crippen LogP contribution in [0.3, 0.4) is 0 Å². The van der Waals surface area contributed by atoms with Gasteiger partial charge in [-0.2, -0.15) is 0 Å². The third-order valence-corrected chi connectivity index (χ3v) is 4.37. The monoisotopic (exact) mass is 254 g/mol. The van der Waals surface area contributed by atoms with Crippen LogP contribution in [0.1, 0.15) is 52.9 Å². The highest BCUT2D eigenvalue weighted by Crippen LogP contribution is 2.35. The van der Waals surface area contributed by atoms with Gasteiger partial charge in [0.25, 0.3) is 0 Å². The van der Waals surface area contributed by atoms with Gasteiger partial charge in [-0.15, -0.1) is 0 Å². The SMILES string of the molecule is CCCNC1CC2CCC(C1)N2CCOC(C)C. The fourth-order valence-electron chi connectivity index (χ4n) is 3.55. The lowest BCUT2D eigenvalue weighted by atomic mass is 9.97. The normalized spacial score (nSPS) is 32.3. The lowest BCUT2D eigenvalue weighted by Crippen LogP contribution is -2.50. The average molecular weight is 254 g/mol. The molecule has 2 aliphatic heterocycles. The summed E-state index contributed by atoms with van der Waals surface area (Å²) in [5.74, 6) is 0. The Bertz CT molecular complexity index is 231. The quantitative estimate of drug-likeness (QED) is 0.755. The summed E-state index contributed by atoms with van der Waals surface area (Å²) in [6.07, 6.45) is 7.10. The fraction of sp³-hybridized carbons (Fsp3) is 1.00. The first-order chi connectivity index (χ1) is 8.70. The molecule has 0 radical (unpaired) electrons. The lowest BCUT2D eigenvalue weighted by molar-refractivity contribution is 0.0323. The molecule has 1 N–H and O–H groups in total. The van der Waals surface area contributed by atoms with Gasteiger partial charge in [0.2, 0.25) is 0 Å². The minimum Gasteiger partial charge on any atom is -0.377 e. The molecule has 0 saturated carbocycles. The molecule has 3 heteroatoms. The first-order valence-electron chi connectivity index (χ1n) is 7.81. The molecule has 2 saturated heterocycles. The average Bonchev–Trinajstić information content (AvgIpc) is 2.59. The summed E-state index contributed by atoms with van der Waals surface area (Å²) < 4.78 is 5.70. The third kappa shape index (κ3) is 3.69. The summed E-state index contributed by atoms with van der Waals surface area (Å²) in [4.78, 5) is 2.71. The topological polar surface area (TPSA) is 24.5 Å². The van der Waals surface area contributed by atoms with Gasteiger partial charge in [0.1, 0.15) is 0 Å². The molecular formula is C15H30N2O. The van der Waals surface area contributed by atoms with Crippen molar-refractivity contribution in [1.82, 2.24) is 10.2 Å². The molecule has 2 atom stereocenters. The predicted molar refractivity (Wildman–Crippen MR) is 75.9 cm³/mol. The highest BCUT2D eigenvalue weighted by atomic mass is 16.5. The van der Waals surface area contributed by atoms with Crippen LogP contribution < -0.4 is 5.32 Å². The van der Waals surface area contributed by atoms with Gasteiger partial charge in [-0.1, -0.05) is 6.92 Å². The fourth-order valence-corrected chi connectivity index (χ4v) is 3.55. The van der Waals surface area contributed by atoms with Crippen molar-refractivity contribution in [1.29, 1.82) is 0 Å². The molecule has 0 spiro atoms. The Morgan fingerprint density at radius 3 is 2.44 bits per heavy atom. The van der Waals surface area contributed by atoms with E-state index >= 15 is 0 Å². The van der Waals surface area contributed by atoms with Crippen LogP contribution in [0.4, 0.5) is 0 Å². The van der Waals surface area contributed by atoms with Crippen LogP contribution in [0.25, 0.3) is 0 Å². The zero-order valence-corrected chi connectivity index (χ0v) is 12.3. The molecule has 0 aromatic heterocycles. The van der Waals surface area contributed by atoms with Crippen molar-refractivity contribution in [2.24, 2.45) is 0 Å². The molecule has 2 unspecified atom stereocenters. The van der Waals surface area contributed by atoms with Crippen LogP contribution in [0.2, 0.25) is 0 Å². The van der Waals surface area contributed by atoms with Crippen molar-refractivity contribution in [2.45, 2.75) is 77.1 Å². The summed E-state index contributed by atoms with van der Waals surface area (Å²) in [5, 5.41) is 3.71. The minimum absolute atomic E-state index is 0.367. The molecule has 18 heavy (non-hydrogen) atoms. The standard InChI is InChI=1S/C15H30N2O/c1-4-7-16-13-10-14-5-6-15(11-13)17(14)8-9-18-12(2)3/h12-16H,4-11H2,1-3H3. The molecule has 106 valence electrons. The van der Waals surface area contributed by atoms with E-state index in [-0.39, 0.29) is 0 Å². The maximum Gasteiger partial charge on any atom is 0.0597 e. The van der Waals surface area contributed by atoms with Crippen molar-refractivity contribution in [2.75, 3.05) is 19.7 Å². The molecule has 2 rings (SSSR count). The van der Waals surface area contributed by atoms with Crippen LogP contribution >= 0.6 is 0 Å². The summed E-state index contributed by atoms with van der Waals surface area (Å²) in [6.45, 7) is 9.71. The van der Waals surface area contributed by atoms with E-state index in [1.54, 1.807) is 0 Å².